The highest BCUT2D eigenvalue weighted by Gasteiger charge is 2.23. The van der Waals surface area contributed by atoms with E-state index in [1.165, 1.54) is 0 Å². The van der Waals surface area contributed by atoms with Crippen molar-refractivity contribution in [3.8, 4) is 0 Å². The summed E-state index contributed by atoms with van der Waals surface area (Å²) in [5.74, 6) is 1.62. The minimum Gasteiger partial charge on any atom is -0.396 e. The number of hydrogen-bond donors (Lipinski definition) is 3. The molecule has 0 saturated carbocycles. The third kappa shape index (κ3) is 2.33. The van der Waals surface area contributed by atoms with Crippen LogP contribution in [0.1, 0.15) is 19.3 Å². The van der Waals surface area contributed by atoms with Crippen molar-refractivity contribution in [2.45, 2.75) is 19.3 Å². The van der Waals surface area contributed by atoms with Crippen LogP contribution in [-0.2, 0) is 0 Å². The topological polar surface area (TPSA) is 104 Å². The third-order valence-electron chi connectivity index (χ3n) is 3.66. The van der Waals surface area contributed by atoms with Crippen molar-refractivity contribution >= 4 is 22.8 Å². The van der Waals surface area contributed by atoms with Crippen molar-refractivity contribution < 1.29 is 5.11 Å². The van der Waals surface area contributed by atoms with Crippen LogP contribution in [0.2, 0.25) is 0 Å². The Hall–Kier alpha value is -1.89. The zero-order valence-corrected chi connectivity index (χ0v) is 10.7. The van der Waals surface area contributed by atoms with E-state index in [2.05, 4.69) is 25.1 Å². The average Bonchev–Trinajstić information content (AvgIpc) is 2.86. The highest BCUT2D eigenvalue weighted by molar-refractivity contribution is 5.87. The number of fused-ring (bicyclic) bond motifs is 1. The van der Waals surface area contributed by atoms with Crippen molar-refractivity contribution in [2.75, 3.05) is 30.3 Å². The van der Waals surface area contributed by atoms with Gasteiger partial charge in [-0.2, -0.15) is 15.1 Å². The van der Waals surface area contributed by atoms with Crippen molar-refractivity contribution in [1.82, 2.24) is 20.2 Å². The molecule has 0 aliphatic carbocycles. The van der Waals surface area contributed by atoms with Crippen LogP contribution in [0.5, 0.6) is 0 Å². The van der Waals surface area contributed by atoms with E-state index in [4.69, 9.17) is 10.8 Å². The molecule has 4 N–H and O–H groups in total. The number of nitrogens with zero attached hydrogens (tertiary/aromatic N) is 4. The van der Waals surface area contributed by atoms with Gasteiger partial charge in [-0.3, -0.25) is 5.10 Å². The molecule has 3 rings (SSSR count). The molecule has 0 bridgehead atoms. The predicted molar refractivity (Wildman–Crippen MR) is 72.7 cm³/mol. The first kappa shape index (κ1) is 12.2. The van der Waals surface area contributed by atoms with E-state index in [9.17, 15) is 0 Å². The summed E-state index contributed by atoms with van der Waals surface area (Å²) >= 11 is 0. The zero-order valence-electron chi connectivity index (χ0n) is 10.7. The number of nitrogens with two attached hydrogens (primary N) is 1. The van der Waals surface area contributed by atoms with Gasteiger partial charge in [-0.05, 0) is 25.2 Å². The monoisotopic (exact) mass is 262 g/mol. The van der Waals surface area contributed by atoms with Gasteiger partial charge in [-0.25, -0.2) is 0 Å². The number of aliphatic hydroxyl groups is 1. The van der Waals surface area contributed by atoms with Crippen molar-refractivity contribution in [3.63, 3.8) is 0 Å². The van der Waals surface area contributed by atoms with Crippen LogP contribution in [0.25, 0.3) is 11.0 Å². The molecule has 7 nitrogen and oxygen atoms in total. The van der Waals surface area contributed by atoms with Crippen molar-refractivity contribution in [1.29, 1.82) is 0 Å². The molecule has 1 aliphatic rings. The Bertz CT molecular complexity index is 566. The van der Waals surface area contributed by atoms with Crippen molar-refractivity contribution in [3.05, 3.63) is 6.20 Å². The first-order valence-electron chi connectivity index (χ1n) is 6.60. The zero-order chi connectivity index (χ0) is 13.2. The van der Waals surface area contributed by atoms with Gasteiger partial charge in [0.05, 0.1) is 11.6 Å². The lowest BCUT2D eigenvalue weighted by Gasteiger charge is -2.33. The molecule has 0 radical (unpaired) electrons. The van der Waals surface area contributed by atoms with E-state index >= 15 is 0 Å². The molecule has 1 saturated heterocycles. The Morgan fingerprint density at radius 2 is 2.37 bits per heavy atom. The second-order valence-corrected chi connectivity index (χ2v) is 5.00. The van der Waals surface area contributed by atoms with E-state index in [0.29, 0.717) is 11.6 Å². The van der Waals surface area contributed by atoms with Crippen LogP contribution in [-0.4, -0.2) is 45.0 Å². The quantitative estimate of drug-likeness (QED) is 0.745. The van der Waals surface area contributed by atoms with Gasteiger partial charge in [-0.1, -0.05) is 0 Å². The number of piperidine rings is 1. The number of anilines is 2. The molecule has 102 valence electrons. The molecule has 0 amide bonds. The Balaban J connectivity index is 1.92. The predicted octanol–water partition coefficient (Wildman–Crippen LogP) is 0.534. The van der Waals surface area contributed by atoms with E-state index in [0.717, 1.165) is 43.6 Å². The lowest BCUT2D eigenvalue weighted by Crippen LogP contribution is -2.36. The number of nitrogens with one attached hydrogen (secondary N) is 1. The maximum Gasteiger partial charge on any atom is 0.224 e. The van der Waals surface area contributed by atoms with E-state index in [1.807, 2.05) is 0 Å². The summed E-state index contributed by atoms with van der Waals surface area (Å²) < 4.78 is 0. The maximum absolute atomic E-state index is 9.08. The highest BCUT2D eigenvalue weighted by Crippen LogP contribution is 2.28. The van der Waals surface area contributed by atoms with E-state index < -0.39 is 0 Å². The summed E-state index contributed by atoms with van der Waals surface area (Å²) in [7, 11) is 0. The molecular weight excluding hydrogens is 244 g/mol. The minimum absolute atomic E-state index is 0.242. The third-order valence-corrected chi connectivity index (χ3v) is 3.66. The number of rotatable bonds is 3. The number of aromatic amines is 1. The number of aliphatic hydroxyl groups excluding tert-OH is 1. The molecule has 1 fully saturated rings. The van der Waals surface area contributed by atoms with Crippen LogP contribution in [0.4, 0.5) is 11.8 Å². The summed E-state index contributed by atoms with van der Waals surface area (Å²) in [6.45, 7) is 2.10. The summed E-state index contributed by atoms with van der Waals surface area (Å²) in [6, 6.07) is 0. The first-order valence-corrected chi connectivity index (χ1v) is 6.60. The fourth-order valence-electron chi connectivity index (χ4n) is 2.75. The van der Waals surface area contributed by atoms with Gasteiger partial charge in [0.1, 0.15) is 5.82 Å². The SMILES string of the molecule is Nc1nc(N2CCCC(CCO)C2)c2cn[nH]c2n1. The molecular formula is C12H18N6O. The van der Waals surface area contributed by atoms with Gasteiger partial charge in [0.15, 0.2) is 5.65 Å². The molecule has 3 heterocycles. The molecule has 19 heavy (non-hydrogen) atoms. The largest absolute Gasteiger partial charge is 0.396 e. The molecule has 1 atom stereocenters. The highest BCUT2D eigenvalue weighted by atomic mass is 16.3. The second-order valence-electron chi connectivity index (χ2n) is 5.00. The Morgan fingerprint density at radius 3 is 3.21 bits per heavy atom. The number of aromatic nitrogens is 4. The normalized spacial score (nSPS) is 20.1. The number of hydrogen-bond acceptors (Lipinski definition) is 6. The first-order chi connectivity index (χ1) is 9.28. The van der Waals surface area contributed by atoms with Crippen LogP contribution in [0.15, 0.2) is 6.20 Å². The van der Waals surface area contributed by atoms with Gasteiger partial charge in [-0.15, -0.1) is 0 Å². The lowest BCUT2D eigenvalue weighted by molar-refractivity contribution is 0.244. The molecule has 0 aromatic carbocycles. The fraction of sp³-hybridized carbons (Fsp3) is 0.583. The van der Waals surface area contributed by atoms with Gasteiger partial charge in [0, 0.05) is 19.7 Å². The molecule has 1 unspecified atom stereocenters. The number of H-pyrrole nitrogens is 1. The van der Waals surface area contributed by atoms with Gasteiger partial charge in [0.25, 0.3) is 0 Å². The maximum atomic E-state index is 9.08. The molecule has 7 heteroatoms. The van der Waals surface area contributed by atoms with Crippen LogP contribution in [0.3, 0.4) is 0 Å². The lowest BCUT2D eigenvalue weighted by atomic mass is 9.95. The number of nitrogen functional groups attached to an aromatic ring is 1. The smallest absolute Gasteiger partial charge is 0.224 e. The summed E-state index contributed by atoms with van der Waals surface area (Å²) in [6.07, 6.45) is 4.84. The summed E-state index contributed by atoms with van der Waals surface area (Å²) in [5.41, 5.74) is 6.42. The molecule has 2 aromatic heterocycles. The standard InChI is InChI=1S/C12H18N6O/c13-12-15-10-9(6-14-17-10)11(16-12)18-4-1-2-8(7-18)3-5-19/h6,8,19H,1-5,7H2,(H3,13,14,15,16,17). The Kier molecular flexibility index (Phi) is 3.20. The molecule has 1 aliphatic heterocycles. The average molecular weight is 262 g/mol. The van der Waals surface area contributed by atoms with Crippen LogP contribution >= 0.6 is 0 Å². The van der Waals surface area contributed by atoms with Gasteiger partial charge < -0.3 is 15.7 Å². The molecule has 0 spiro atoms. The summed E-state index contributed by atoms with van der Waals surface area (Å²) in [5, 5.41) is 16.8. The molecule has 2 aromatic rings. The minimum atomic E-state index is 0.242. The fourth-order valence-corrected chi connectivity index (χ4v) is 2.75. The van der Waals surface area contributed by atoms with Crippen LogP contribution in [0, 0.1) is 5.92 Å². The van der Waals surface area contributed by atoms with E-state index in [-0.39, 0.29) is 12.6 Å². The van der Waals surface area contributed by atoms with Gasteiger partial charge >= 0.3 is 0 Å². The second kappa shape index (κ2) is 5.00. The van der Waals surface area contributed by atoms with Gasteiger partial charge in [0.2, 0.25) is 5.95 Å². The Morgan fingerprint density at radius 1 is 1.47 bits per heavy atom. The van der Waals surface area contributed by atoms with Crippen molar-refractivity contribution in [2.24, 2.45) is 5.92 Å². The van der Waals surface area contributed by atoms with Crippen LogP contribution < -0.4 is 10.6 Å². The summed E-state index contributed by atoms with van der Waals surface area (Å²) in [4.78, 5) is 10.7. The van der Waals surface area contributed by atoms with E-state index in [1.54, 1.807) is 6.20 Å². The Labute approximate surface area is 110 Å².